The average molecular weight is 365 g/mol. The summed E-state index contributed by atoms with van der Waals surface area (Å²) in [4.78, 5) is 25.7. The fourth-order valence-electron chi connectivity index (χ4n) is 3.16. The molecule has 0 aliphatic heterocycles. The van der Waals surface area contributed by atoms with Crippen molar-refractivity contribution in [2.75, 3.05) is 0 Å². The number of benzene rings is 1. The molecular formula is C20H29ClN2O2. The quantitative estimate of drug-likeness (QED) is 0.753. The Morgan fingerprint density at radius 2 is 1.52 bits per heavy atom. The van der Waals surface area contributed by atoms with Crippen molar-refractivity contribution >= 4 is 23.4 Å². The number of carbonyl (C=O) groups is 2. The molecule has 2 amide bonds. The highest BCUT2D eigenvalue weighted by Gasteiger charge is 2.31. The minimum atomic E-state index is -0.520. The second kappa shape index (κ2) is 8.70. The summed E-state index contributed by atoms with van der Waals surface area (Å²) < 4.78 is 0. The minimum absolute atomic E-state index is 0.0110. The van der Waals surface area contributed by atoms with Gasteiger partial charge in [-0.15, -0.1) is 0 Å². The summed E-state index contributed by atoms with van der Waals surface area (Å²) in [5.74, 6) is -0.273. The maximum Gasteiger partial charge on any atom is 0.272 e. The van der Waals surface area contributed by atoms with E-state index in [1.165, 1.54) is 24.3 Å². The summed E-state index contributed by atoms with van der Waals surface area (Å²) in [6.07, 6.45) is 7.61. The van der Waals surface area contributed by atoms with Crippen LogP contribution in [0.3, 0.4) is 0 Å². The van der Waals surface area contributed by atoms with Gasteiger partial charge in [0.05, 0.1) is 5.54 Å². The van der Waals surface area contributed by atoms with Gasteiger partial charge in [0, 0.05) is 16.5 Å². The number of hydrogen-bond acceptors (Lipinski definition) is 2. The predicted octanol–water partition coefficient (Wildman–Crippen LogP) is 4.97. The van der Waals surface area contributed by atoms with Gasteiger partial charge in [-0.2, -0.15) is 0 Å². The Kier molecular flexibility index (Phi) is 6.88. The highest BCUT2D eigenvalue weighted by Crippen LogP contribution is 2.24. The van der Waals surface area contributed by atoms with Gasteiger partial charge in [-0.1, -0.05) is 43.7 Å². The summed E-state index contributed by atoms with van der Waals surface area (Å²) in [6, 6.07) is 6.75. The van der Waals surface area contributed by atoms with Crippen LogP contribution >= 0.6 is 11.6 Å². The van der Waals surface area contributed by atoms with Crippen molar-refractivity contribution in [3.8, 4) is 0 Å². The maximum atomic E-state index is 12.9. The number of rotatable bonds is 2. The van der Waals surface area contributed by atoms with Crippen LogP contribution < -0.4 is 5.43 Å². The van der Waals surface area contributed by atoms with E-state index in [-0.39, 0.29) is 17.7 Å². The first kappa shape index (κ1) is 19.8. The van der Waals surface area contributed by atoms with Crippen LogP contribution in [-0.4, -0.2) is 22.4 Å². The molecule has 25 heavy (non-hydrogen) atoms. The van der Waals surface area contributed by atoms with Gasteiger partial charge in [0.15, 0.2) is 0 Å². The summed E-state index contributed by atoms with van der Waals surface area (Å²) in [6.45, 7) is 5.75. The zero-order valence-electron chi connectivity index (χ0n) is 15.5. The molecule has 1 aliphatic carbocycles. The zero-order chi connectivity index (χ0) is 18.4. The summed E-state index contributed by atoms with van der Waals surface area (Å²) in [7, 11) is 0. The highest BCUT2D eigenvalue weighted by molar-refractivity contribution is 6.30. The largest absolute Gasteiger partial charge is 0.273 e. The first-order valence-electron chi connectivity index (χ1n) is 9.19. The third-order valence-electron chi connectivity index (χ3n) is 4.66. The summed E-state index contributed by atoms with van der Waals surface area (Å²) in [5.41, 5.74) is 2.89. The van der Waals surface area contributed by atoms with E-state index in [2.05, 4.69) is 5.43 Å². The van der Waals surface area contributed by atoms with Crippen molar-refractivity contribution in [1.82, 2.24) is 10.4 Å². The van der Waals surface area contributed by atoms with Crippen LogP contribution in [0.1, 0.15) is 76.1 Å². The molecular weight excluding hydrogens is 336 g/mol. The molecule has 0 atom stereocenters. The lowest BCUT2D eigenvalue weighted by Gasteiger charge is -2.36. The number of hydrazine groups is 1. The molecule has 0 aromatic heterocycles. The van der Waals surface area contributed by atoms with Gasteiger partial charge in [0.2, 0.25) is 5.91 Å². The Balaban J connectivity index is 2.12. The average Bonchev–Trinajstić information content (AvgIpc) is 2.51. The number of nitrogens with zero attached hydrogens (tertiary/aromatic N) is 1. The molecule has 1 saturated carbocycles. The first-order chi connectivity index (χ1) is 11.8. The van der Waals surface area contributed by atoms with Gasteiger partial charge in [-0.3, -0.25) is 15.0 Å². The summed E-state index contributed by atoms with van der Waals surface area (Å²) >= 11 is 5.91. The molecule has 0 bridgehead atoms. The Bertz CT molecular complexity index is 585. The van der Waals surface area contributed by atoms with Gasteiger partial charge in [0.25, 0.3) is 5.91 Å². The van der Waals surface area contributed by atoms with Crippen LogP contribution in [0, 0.1) is 5.92 Å². The van der Waals surface area contributed by atoms with E-state index >= 15 is 0 Å². The van der Waals surface area contributed by atoms with Crippen molar-refractivity contribution in [3.63, 3.8) is 0 Å². The van der Waals surface area contributed by atoms with E-state index in [0.29, 0.717) is 10.6 Å². The predicted molar refractivity (Wildman–Crippen MR) is 101 cm³/mol. The van der Waals surface area contributed by atoms with Gasteiger partial charge in [-0.25, -0.2) is 5.01 Å². The van der Waals surface area contributed by atoms with Crippen molar-refractivity contribution in [2.45, 2.75) is 71.3 Å². The Hall–Kier alpha value is -1.55. The monoisotopic (exact) mass is 364 g/mol. The van der Waals surface area contributed by atoms with Gasteiger partial charge in [0.1, 0.15) is 0 Å². The second-order valence-electron chi connectivity index (χ2n) is 7.84. The van der Waals surface area contributed by atoms with E-state index in [1.54, 1.807) is 24.3 Å². The fraction of sp³-hybridized carbons (Fsp3) is 0.600. The molecule has 5 heteroatoms. The van der Waals surface area contributed by atoms with Crippen molar-refractivity contribution in [3.05, 3.63) is 34.9 Å². The minimum Gasteiger partial charge on any atom is -0.273 e. The zero-order valence-corrected chi connectivity index (χ0v) is 16.2. The molecule has 1 aliphatic rings. The third-order valence-corrected chi connectivity index (χ3v) is 4.92. The number of amides is 2. The van der Waals surface area contributed by atoms with Crippen molar-refractivity contribution < 1.29 is 9.59 Å². The SMILES string of the molecule is CC(C)(C)N(NC(=O)C1CCCCCCC1)C(=O)c1ccc(Cl)cc1. The molecule has 2 rings (SSSR count). The summed E-state index contributed by atoms with van der Waals surface area (Å²) in [5, 5.41) is 2.04. The molecule has 0 radical (unpaired) electrons. The van der Waals surface area contributed by atoms with Gasteiger partial charge in [-0.05, 0) is 57.9 Å². The Morgan fingerprint density at radius 1 is 1.00 bits per heavy atom. The van der Waals surface area contributed by atoms with E-state index in [4.69, 9.17) is 11.6 Å². The number of carbonyl (C=O) groups excluding carboxylic acids is 2. The normalized spacial score (nSPS) is 16.6. The van der Waals surface area contributed by atoms with E-state index < -0.39 is 5.54 Å². The van der Waals surface area contributed by atoms with E-state index in [1.807, 2.05) is 20.8 Å². The van der Waals surface area contributed by atoms with Crippen LogP contribution in [0.4, 0.5) is 0 Å². The van der Waals surface area contributed by atoms with Gasteiger partial charge < -0.3 is 0 Å². The van der Waals surface area contributed by atoms with Crippen LogP contribution in [-0.2, 0) is 4.79 Å². The third kappa shape index (κ3) is 5.74. The molecule has 1 fully saturated rings. The molecule has 4 nitrogen and oxygen atoms in total. The van der Waals surface area contributed by atoms with Crippen LogP contribution in [0.25, 0.3) is 0 Å². The lowest BCUT2D eigenvalue weighted by molar-refractivity contribution is -0.131. The lowest BCUT2D eigenvalue weighted by atomic mass is 9.90. The van der Waals surface area contributed by atoms with Crippen molar-refractivity contribution in [1.29, 1.82) is 0 Å². The molecule has 138 valence electrons. The maximum absolute atomic E-state index is 12.9. The Labute approximate surface area is 155 Å². The Morgan fingerprint density at radius 3 is 2.04 bits per heavy atom. The van der Waals surface area contributed by atoms with E-state index in [0.717, 1.165) is 25.7 Å². The molecule has 0 heterocycles. The fourth-order valence-corrected chi connectivity index (χ4v) is 3.29. The molecule has 0 saturated heterocycles. The van der Waals surface area contributed by atoms with Crippen molar-refractivity contribution in [2.24, 2.45) is 5.92 Å². The standard InChI is InChI=1S/C20H29ClN2O2/c1-20(2,3)23(19(25)16-11-13-17(21)14-12-16)22-18(24)15-9-7-5-4-6-8-10-15/h11-15H,4-10H2,1-3H3,(H,22,24). The number of nitrogens with one attached hydrogen (secondary N) is 1. The molecule has 0 unspecified atom stereocenters. The van der Waals surface area contributed by atoms with Crippen LogP contribution in [0.15, 0.2) is 24.3 Å². The first-order valence-corrected chi connectivity index (χ1v) is 9.57. The smallest absolute Gasteiger partial charge is 0.272 e. The van der Waals surface area contributed by atoms with Gasteiger partial charge >= 0.3 is 0 Å². The molecule has 1 N–H and O–H groups in total. The highest BCUT2D eigenvalue weighted by atomic mass is 35.5. The van der Waals surface area contributed by atoms with Crippen LogP contribution in [0.2, 0.25) is 5.02 Å². The number of hydrogen-bond donors (Lipinski definition) is 1. The molecule has 0 spiro atoms. The van der Waals surface area contributed by atoms with E-state index in [9.17, 15) is 9.59 Å². The molecule has 1 aromatic rings. The lowest BCUT2D eigenvalue weighted by Crippen LogP contribution is -2.57. The van der Waals surface area contributed by atoms with Crippen LogP contribution in [0.5, 0.6) is 0 Å². The second-order valence-corrected chi connectivity index (χ2v) is 8.27. The number of halogens is 1. The molecule has 1 aromatic carbocycles. The topological polar surface area (TPSA) is 49.4 Å².